The van der Waals surface area contributed by atoms with Crippen molar-refractivity contribution in [3.63, 3.8) is 0 Å². The third kappa shape index (κ3) is 3.16. The maximum absolute atomic E-state index is 14.9. The lowest BCUT2D eigenvalue weighted by atomic mass is 10.00. The fourth-order valence-electron chi connectivity index (χ4n) is 2.92. The molecule has 0 unspecified atom stereocenters. The number of nitrogens with zero attached hydrogens (tertiary/aromatic N) is 2. The van der Waals surface area contributed by atoms with Crippen LogP contribution in [0.25, 0.3) is 0 Å². The highest BCUT2D eigenvalue weighted by Crippen LogP contribution is 2.36. The average Bonchev–Trinajstić information content (AvgIpc) is 2.58. The number of rotatable bonds is 4. The predicted molar refractivity (Wildman–Crippen MR) is 89.7 cm³/mol. The summed E-state index contributed by atoms with van der Waals surface area (Å²) < 4.78 is 20.2. The van der Waals surface area contributed by atoms with Crippen molar-refractivity contribution in [1.29, 1.82) is 0 Å². The molecule has 2 aromatic rings. The van der Waals surface area contributed by atoms with E-state index >= 15 is 0 Å². The van der Waals surface area contributed by atoms with Gasteiger partial charge in [0.25, 0.3) is 0 Å². The minimum atomic E-state index is -0.856. The number of nitro groups is 1. The molecule has 0 atom stereocenters. The average molecular weight is 331 g/mol. The maximum Gasteiger partial charge on any atom is 0.327 e. The number of ether oxygens (including phenoxy) is 1. The van der Waals surface area contributed by atoms with Crippen molar-refractivity contribution in [2.75, 3.05) is 36.9 Å². The van der Waals surface area contributed by atoms with Crippen molar-refractivity contribution in [3.05, 3.63) is 63.5 Å². The molecule has 1 aliphatic rings. The van der Waals surface area contributed by atoms with Gasteiger partial charge in [-0.3, -0.25) is 10.1 Å². The van der Waals surface area contributed by atoms with Crippen LogP contribution in [-0.2, 0) is 11.2 Å². The van der Waals surface area contributed by atoms with Gasteiger partial charge in [-0.1, -0.05) is 30.3 Å². The zero-order valence-corrected chi connectivity index (χ0v) is 13.1. The molecule has 2 N–H and O–H groups in total. The molecule has 1 fully saturated rings. The Morgan fingerprint density at radius 2 is 1.92 bits per heavy atom. The molecule has 3 rings (SSSR count). The first-order valence-corrected chi connectivity index (χ1v) is 7.69. The van der Waals surface area contributed by atoms with Gasteiger partial charge in [0.2, 0.25) is 5.82 Å². The first kappa shape index (κ1) is 16.2. The Balaban J connectivity index is 2.10. The largest absolute Gasteiger partial charge is 0.393 e. The molecule has 1 saturated heterocycles. The van der Waals surface area contributed by atoms with E-state index in [0.717, 1.165) is 5.56 Å². The topological polar surface area (TPSA) is 81.6 Å². The molecule has 24 heavy (non-hydrogen) atoms. The van der Waals surface area contributed by atoms with Crippen molar-refractivity contribution in [1.82, 2.24) is 0 Å². The van der Waals surface area contributed by atoms with Crippen LogP contribution in [-0.4, -0.2) is 31.2 Å². The lowest BCUT2D eigenvalue weighted by molar-refractivity contribution is -0.386. The Hall–Kier alpha value is -2.67. The lowest BCUT2D eigenvalue weighted by Gasteiger charge is -2.31. The first-order valence-electron chi connectivity index (χ1n) is 7.69. The highest BCUT2D eigenvalue weighted by atomic mass is 19.1. The summed E-state index contributed by atoms with van der Waals surface area (Å²) in [5.74, 6) is -0.856. The molecule has 0 saturated carbocycles. The number of morpholine rings is 1. The third-order valence-electron chi connectivity index (χ3n) is 4.11. The van der Waals surface area contributed by atoms with E-state index in [1.807, 2.05) is 35.2 Å². The summed E-state index contributed by atoms with van der Waals surface area (Å²) in [6.45, 7) is 2.25. The molecular formula is C17H18FN3O3. The molecule has 0 spiro atoms. The second-order valence-electron chi connectivity index (χ2n) is 5.64. The van der Waals surface area contributed by atoms with Crippen LogP contribution in [0.2, 0.25) is 0 Å². The molecule has 0 aliphatic carbocycles. The van der Waals surface area contributed by atoms with Crippen LogP contribution in [0, 0.1) is 15.9 Å². The monoisotopic (exact) mass is 331 g/mol. The summed E-state index contributed by atoms with van der Waals surface area (Å²) >= 11 is 0. The molecular weight excluding hydrogens is 313 g/mol. The van der Waals surface area contributed by atoms with Gasteiger partial charge >= 0.3 is 5.69 Å². The Labute approximate surface area is 138 Å². The summed E-state index contributed by atoms with van der Waals surface area (Å²) in [5.41, 5.74) is 6.72. The molecule has 7 heteroatoms. The summed E-state index contributed by atoms with van der Waals surface area (Å²) in [5, 5.41) is 11.2. The van der Waals surface area contributed by atoms with Gasteiger partial charge in [0.15, 0.2) is 0 Å². The molecule has 6 nitrogen and oxygen atoms in total. The Morgan fingerprint density at radius 1 is 1.25 bits per heavy atom. The van der Waals surface area contributed by atoms with E-state index in [1.165, 1.54) is 6.07 Å². The van der Waals surface area contributed by atoms with E-state index in [4.69, 9.17) is 10.5 Å². The van der Waals surface area contributed by atoms with Gasteiger partial charge in [-0.15, -0.1) is 0 Å². The van der Waals surface area contributed by atoms with Crippen molar-refractivity contribution in [3.8, 4) is 0 Å². The van der Waals surface area contributed by atoms with Crippen LogP contribution in [0.1, 0.15) is 11.1 Å². The summed E-state index contributed by atoms with van der Waals surface area (Å²) in [4.78, 5) is 12.4. The minimum absolute atomic E-state index is 0.157. The lowest BCUT2D eigenvalue weighted by Crippen LogP contribution is -2.37. The van der Waals surface area contributed by atoms with E-state index in [9.17, 15) is 14.5 Å². The van der Waals surface area contributed by atoms with Gasteiger partial charge in [0, 0.05) is 30.8 Å². The van der Waals surface area contributed by atoms with E-state index in [0.29, 0.717) is 37.6 Å². The van der Waals surface area contributed by atoms with E-state index in [2.05, 4.69) is 0 Å². The second kappa shape index (κ2) is 6.84. The molecule has 1 heterocycles. The van der Waals surface area contributed by atoms with Crippen LogP contribution >= 0.6 is 0 Å². The van der Waals surface area contributed by atoms with Gasteiger partial charge in [0.05, 0.1) is 18.1 Å². The van der Waals surface area contributed by atoms with Crippen LogP contribution in [0.15, 0.2) is 36.4 Å². The smallest absolute Gasteiger partial charge is 0.327 e. The van der Waals surface area contributed by atoms with Crippen LogP contribution in [0.4, 0.5) is 21.5 Å². The summed E-state index contributed by atoms with van der Waals surface area (Å²) in [6, 6.07) is 10.8. The second-order valence-corrected chi connectivity index (χ2v) is 5.64. The number of hydrogen-bond donors (Lipinski definition) is 1. The SMILES string of the molecule is Nc1cc(N2CCOCC2)c(Cc2ccccc2)c(F)c1[N+](=O)[O-]. The molecule has 0 aromatic heterocycles. The molecule has 0 bridgehead atoms. The maximum atomic E-state index is 14.9. The van der Waals surface area contributed by atoms with Crippen molar-refractivity contribution < 1.29 is 14.1 Å². The fourth-order valence-corrected chi connectivity index (χ4v) is 2.92. The zero-order chi connectivity index (χ0) is 17.1. The quantitative estimate of drug-likeness (QED) is 0.529. The molecule has 0 radical (unpaired) electrons. The Morgan fingerprint density at radius 3 is 2.54 bits per heavy atom. The van der Waals surface area contributed by atoms with Gasteiger partial charge in [-0.2, -0.15) is 4.39 Å². The number of nitro benzene ring substituents is 1. The molecule has 1 aliphatic heterocycles. The summed E-state index contributed by atoms with van der Waals surface area (Å²) in [7, 11) is 0. The van der Waals surface area contributed by atoms with Gasteiger partial charge in [-0.05, 0) is 11.6 Å². The van der Waals surface area contributed by atoms with E-state index in [1.54, 1.807) is 0 Å². The molecule has 126 valence electrons. The number of nitrogen functional groups attached to an aromatic ring is 1. The standard InChI is InChI=1S/C17H18FN3O3/c18-16-13(10-12-4-2-1-3-5-12)15(20-6-8-24-9-7-20)11-14(19)17(16)21(22)23/h1-5,11H,6-10,19H2. The van der Waals surface area contributed by atoms with Crippen molar-refractivity contribution >= 4 is 17.1 Å². The van der Waals surface area contributed by atoms with Crippen LogP contribution in [0.3, 0.4) is 0 Å². The fraction of sp³-hybridized carbons (Fsp3) is 0.294. The Kier molecular flexibility index (Phi) is 4.61. The molecule has 2 aromatic carbocycles. The number of anilines is 2. The third-order valence-corrected chi connectivity index (χ3v) is 4.11. The first-order chi connectivity index (χ1) is 11.6. The number of hydrogen-bond acceptors (Lipinski definition) is 5. The van der Waals surface area contributed by atoms with Gasteiger partial charge < -0.3 is 15.4 Å². The molecule has 0 amide bonds. The Bertz CT molecular complexity index is 746. The highest BCUT2D eigenvalue weighted by Gasteiger charge is 2.28. The number of halogens is 1. The number of benzene rings is 2. The zero-order valence-electron chi connectivity index (χ0n) is 13.1. The highest BCUT2D eigenvalue weighted by molar-refractivity contribution is 5.72. The van der Waals surface area contributed by atoms with E-state index in [-0.39, 0.29) is 12.1 Å². The normalized spacial score (nSPS) is 14.6. The van der Waals surface area contributed by atoms with Gasteiger partial charge in [0.1, 0.15) is 5.69 Å². The predicted octanol–water partition coefficient (Wildman–Crippen LogP) is 2.74. The van der Waals surface area contributed by atoms with Crippen LogP contribution < -0.4 is 10.6 Å². The van der Waals surface area contributed by atoms with Crippen molar-refractivity contribution in [2.45, 2.75) is 6.42 Å². The van der Waals surface area contributed by atoms with E-state index < -0.39 is 16.4 Å². The number of nitrogens with two attached hydrogens (primary N) is 1. The van der Waals surface area contributed by atoms with Crippen LogP contribution in [0.5, 0.6) is 0 Å². The summed E-state index contributed by atoms with van der Waals surface area (Å²) in [6.07, 6.45) is 0.264. The minimum Gasteiger partial charge on any atom is -0.393 e. The van der Waals surface area contributed by atoms with Crippen molar-refractivity contribution in [2.24, 2.45) is 0 Å². The van der Waals surface area contributed by atoms with Gasteiger partial charge in [-0.25, -0.2) is 0 Å².